The van der Waals surface area contributed by atoms with Gasteiger partial charge in [-0.3, -0.25) is 0 Å². The summed E-state index contributed by atoms with van der Waals surface area (Å²) in [5, 5.41) is 10.1. The van der Waals surface area contributed by atoms with Gasteiger partial charge in [0.05, 0.1) is 11.4 Å². The first-order chi connectivity index (χ1) is 9.63. The van der Waals surface area contributed by atoms with Gasteiger partial charge in [-0.1, -0.05) is 22.0 Å². The Morgan fingerprint density at radius 1 is 1.50 bits per heavy atom. The molecule has 0 bridgehead atoms. The lowest BCUT2D eigenvalue weighted by molar-refractivity contribution is 0.0700. The first-order valence-electron chi connectivity index (χ1n) is 6.25. The fourth-order valence-corrected chi connectivity index (χ4v) is 4.42. The minimum absolute atomic E-state index is 0.377. The Morgan fingerprint density at radius 2 is 2.30 bits per heavy atom. The van der Waals surface area contributed by atoms with E-state index < -0.39 is 5.97 Å². The molecule has 0 saturated heterocycles. The number of carboxylic acids is 1. The highest BCUT2D eigenvalue weighted by Gasteiger charge is 2.31. The van der Waals surface area contributed by atoms with E-state index in [9.17, 15) is 9.90 Å². The Bertz CT molecular complexity index is 652. The van der Waals surface area contributed by atoms with Crippen molar-refractivity contribution in [2.75, 3.05) is 0 Å². The number of hydrogen-bond donors (Lipinski definition) is 1. The number of benzene rings is 1. The summed E-state index contributed by atoms with van der Waals surface area (Å²) in [5.41, 5.74) is 0.798. The van der Waals surface area contributed by atoms with Gasteiger partial charge in [0.1, 0.15) is 9.88 Å². The van der Waals surface area contributed by atoms with Crippen molar-refractivity contribution in [3.8, 4) is 0 Å². The topological polar surface area (TPSA) is 50.2 Å². The molecule has 1 aromatic carbocycles. The molecule has 1 aliphatic carbocycles. The second kappa shape index (κ2) is 5.87. The third-order valence-electron chi connectivity index (χ3n) is 3.01. The molecule has 1 fully saturated rings. The summed E-state index contributed by atoms with van der Waals surface area (Å²) >= 11 is 6.44. The molecule has 0 aliphatic heterocycles. The fraction of sp³-hybridized carbons (Fsp3) is 0.286. The number of rotatable bonds is 5. The highest BCUT2D eigenvalue weighted by Crippen LogP contribution is 2.43. The molecule has 2 aromatic rings. The first kappa shape index (κ1) is 14.1. The summed E-state index contributed by atoms with van der Waals surface area (Å²) in [6, 6.07) is 8.08. The first-order valence-corrected chi connectivity index (χ1v) is 8.84. The summed E-state index contributed by atoms with van der Waals surface area (Å²) in [4.78, 5) is 17.4. The summed E-state index contributed by atoms with van der Waals surface area (Å²) in [6.07, 6.45) is 2.14. The van der Waals surface area contributed by atoms with Crippen molar-refractivity contribution >= 4 is 45.0 Å². The zero-order valence-electron chi connectivity index (χ0n) is 10.5. The number of aromatic carboxylic acids is 1. The minimum atomic E-state index is -0.844. The molecule has 0 radical (unpaired) electrons. The lowest BCUT2D eigenvalue weighted by Gasteiger charge is -1.99. The van der Waals surface area contributed by atoms with Crippen molar-refractivity contribution in [2.45, 2.75) is 29.4 Å². The van der Waals surface area contributed by atoms with Crippen molar-refractivity contribution < 1.29 is 9.90 Å². The quantitative estimate of drug-likeness (QED) is 0.770. The molecule has 6 heteroatoms. The van der Waals surface area contributed by atoms with Gasteiger partial charge in [-0.25, -0.2) is 9.78 Å². The van der Waals surface area contributed by atoms with Gasteiger partial charge >= 0.3 is 5.97 Å². The van der Waals surface area contributed by atoms with Crippen molar-refractivity contribution in [3.05, 3.63) is 44.3 Å². The van der Waals surface area contributed by atoms with Crippen LogP contribution in [0.2, 0.25) is 0 Å². The van der Waals surface area contributed by atoms with E-state index in [0.717, 1.165) is 32.9 Å². The lowest BCUT2D eigenvalue weighted by Crippen LogP contribution is -1.97. The number of halogens is 1. The van der Waals surface area contributed by atoms with Crippen LogP contribution in [0.3, 0.4) is 0 Å². The van der Waals surface area contributed by atoms with Crippen LogP contribution in [0.15, 0.2) is 33.6 Å². The smallest absolute Gasteiger partial charge is 0.347 e. The van der Waals surface area contributed by atoms with E-state index in [0.29, 0.717) is 16.5 Å². The van der Waals surface area contributed by atoms with Crippen LogP contribution in [0, 0.1) is 0 Å². The number of aromatic nitrogens is 1. The van der Waals surface area contributed by atoms with Crippen molar-refractivity contribution in [1.29, 1.82) is 0 Å². The molecule has 1 saturated carbocycles. The van der Waals surface area contributed by atoms with Crippen LogP contribution >= 0.6 is 39.0 Å². The molecule has 0 spiro atoms. The molecular formula is C14H12BrNO2S2. The largest absolute Gasteiger partial charge is 0.477 e. The molecule has 1 heterocycles. The highest BCUT2D eigenvalue weighted by molar-refractivity contribution is 9.10. The molecule has 1 aliphatic rings. The van der Waals surface area contributed by atoms with Crippen LogP contribution < -0.4 is 0 Å². The standard InChI is InChI=1S/C14H12BrNO2S2/c15-9-2-1-3-10(6-9)19-7-11-16-12(8-4-5-8)13(20-11)14(17)18/h1-3,6,8H,4-5,7H2,(H,17,18). The number of carbonyl (C=O) groups is 1. The monoisotopic (exact) mass is 369 g/mol. The maximum Gasteiger partial charge on any atom is 0.347 e. The maximum absolute atomic E-state index is 11.2. The minimum Gasteiger partial charge on any atom is -0.477 e. The van der Waals surface area contributed by atoms with Crippen molar-refractivity contribution in [2.24, 2.45) is 0 Å². The molecule has 1 N–H and O–H groups in total. The van der Waals surface area contributed by atoms with E-state index in [2.05, 4.69) is 27.0 Å². The second-order valence-corrected chi connectivity index (χ2v) is 7.70. The molecule has 3 nitrogen and oxygen atoms in total. The number of thiazole rings is 1. The van der Waals surface area contributed by atoms with Gasteiger partial charge in [0, 0.05) is 15.3 Å². The van der Waals surface area contributed by atoms with Gasteiger partial charge in [0.15, 0.2) is 0 Å². The Labute approximate surface area is 133 Å². The average molecular weight is 370 g/mol. The van der Waals surface area contributed by atoms with Gasteiger partial charge in [-0.2, -0.15) is 0 Å². The van der Waals surface area contributed by atoms with E-state index in [1.807, 2.05) is 18.2 Å². The van der Waals surface area contributed by atoms with Crippen LogP contribution in [0.1, 0.15) is 39.1 Å². The molecule has 0 atom stereocenters. The van der Waals surface area contributed by atoms with Gasteiger partial charge < -0.3 is 5.11 Å². The van der Waals surface area contributed by atoms with E-state index in [-0.39, 0.29) is 0 Å². The van der Waals surface area contributed by atoms with Gasteiger partial charge in [-0.15, -0.1) is 23.1 Å². The van der Waals surface area contributed by atoms with Crippen LogP contribution in [-0.4, -0.2) is 16.1 Å². The van der Waals surface area contributed by atoms with Crippen LogP contribution in [0.5, 0.6) is 0 Å². The van der Waals surface area contributed by atoms with Gasteiger partial charge in [-0.05, 0) is 31.0 Å². The summed E-state index contributed by atoms with van der Waals surface area (Å²) in [5.74, 6) is 0.249. The van der Waals surface area contributed by atoms with Crippen LogP contribution in [-0.2, 0) is 5.75 Å². The van der Waals surface area contributed by atoms with Gasteiger partial charge in [0.25, 0.3) is 0 Å². The number of nitrogens with zero attached hydrogens (tertiary/aromatic N) is 1. The Morgan fingerprint density at radius 3 is 2.95 bits per heavy atom. The van der Waals surface area contributed by atoms with E-state index in [1.165, 1.54) is 11.3 Å². The molecule has 3 rings (SSSR count). The zero-order chi connectivity index (χ0) is 14.1. The van der Waals surface area contributed by atoms with E-state index >= 15 is 0 Å². The van der Waals surface area contributed by atoms with Crippen LogP contribution in [0.25, 0.3) is 0 Å². The SMILES string of the molecule is O=C(O)c1sc(CSc2cccc(Br)c2)nc1C1CC1. The lowest BCUT2D eigenvalue weighted by atomic mass is 10.2. The van der Waals surface area contributed by atoms with Gasteiger partial charge in [0.2, 0.25) is 0 Å². The van der Waals surface area contributed by atoms with Crippen LogP contribution in [0.4, 0.5) is 0 Å². The maximum atomic E-state index is 11.2. The van der Waals surface area contributed by atoms with E-state index in [1.54, 1.807) is 11.8 Å². The molecular weight excluding hydrogens is 358 g/mol. The van der Waals surface area contributed by atoms with Crippen molar-refractivity contribution in [1.82, 2.24) is 4.98 Å². The second-order valence-electron chi connectivity index (χ2n) is 4.65. The predicted octanol–water partition coefficient (Wildman–Crippen LogP) is 4.77. The summed E-state index contributed by atoms with van der Waals surface area (Å²) < 4.78 is 1.05. The molecule has 1 aromatic heterocycles. The summed E-state index contributed by atoms with van der Waals surface area (Å²) in [7, 11) is 0. The number of thioether (sulfide) groups is 1. The fourth-order valence-electron chi connectivity index (χ4n) is 1.93. The third kappa shape index (κ3) is 3.24. The molecule has 0 amide bonds. The number of carboxylic acid groups (broad SMARTS) is 1. The predicted molar refractivity (Wildman–Crippen MR) is 84.8 cm³/mol. The molecule has 0 unspecified atom stereocenters. The Kier molecular flexibility index (Phi) is 4.14. The normalized spacial score (nSPS) is 14.4. The Hall–Kier alpha value is -0.850. The Balaban J connectivity index is 1.74. The van der Waals surface area contributed by atoms with Crippen molar-refractivity contribution in [3.63, 3.8) is 0 Å². The summed E-state index contributed by atoms with van der Waals surface area (Å²) in [6.45, 7) is 0. The van der Waals surface area contributed by atoms with E-state index in [4.69, 9.17) is 0 Å². The molecule has 104 valence electrons. The molecule has 20 heavy (non-hydrogen) atoms. The third-order valence-corrected chi connectivity index (χ3v) is 5.75. The zero-order valence-corrected chi connectivity index (χ0v) is 13.7. The average Bonchev–Trinajstić information content (AvgIpc) is 3.16. The number of hydrogen-bond acceptors (Lipinski definition) is 4. The highest BCUT2D eigenvalue weighted by atomic mass is 79.9.